The van der Waals surface area contributed by atoms with Gasteiger partial charge in [0.25, 0.3) is 0 Å². The summed E-state index contributed by atoms with van der Waals surface area (Å²) in [5.74, 6) is 2.92. The van der Waals surface area contributed by atoms with Crippen LogP contribution in [0, 0.1) is 0 Å². The largest absolute Gasteiger partial charge is 0.409 e. The first-order chi connectivity index (χ1) is 7.24. The van der Waals surface area contributed by atoms with Crippen molar-refractivity contribution in [1.29, 1.82) is 0 Å². The molecule has 0 bridgehead atoms. The number of amidine groups is 1. The van der Waals surface area contributed by atoms with Gasteiger partial charge in [-0.3, -0.25) is 0 Å². The molecule has 1 aliphatic rings. The summed E-state index contributed by atoms with van der Waals surface area (Å²) >= 11 is 2.04. The second-order valence-corrected chi connectivity index (χ2v) is 5.20. The smallest absolute Gasteiger partial charge is 0.139 e. The fraction of sp³-hybridized carbons (Fsp3) is 0.900. The summed E-state index contributed by atoms with van der Waals surface area (Å²) in [6.45, 7) is 1.12. The Balaban J connectivity index is 2.04. The quantitative estimate of drug-likeness (QED) is 0.238. The topological polar surface area (TPSA) is 61.8 Å². The van der Waals surface area contributed by atoms with Gasteiger partial charge in [-0.1, -0.05) is 5.16 Å². The van der Waals surface area contributed by atoms with Gasteiger partial charge in [0.05, 0.1) is 0 Å². The molecule has 1 fully saturated rings. The summed E-state index contributed by atoms with van der Waals surface area (Å²) in [4.78, 5) is 2.44. The molecule has 1 heterocycles. The van der Waals surface area contributed by atoms with Gasteiger partial charge in [0.1, 0.15) is 5.84 Å². The first-order valence-electron chi connectivity index (χ1n) is 5.48. The highest BCUT2D eigenvalue weighted by Gasteiger charge is 2.19. The number of unbranched alkanes of at least 4 members (excludes halogenated alkanes) is 1. The van der Waals surface area contributed by atoms with E-state index in [-0.39, 0.29) is 0 Å². The molecule has 88 valence electrons. The van der Waals surface area contributed by atoms with Crippen LogP contribution in [0.2, 0.25) is 0 Å². The van der Waals surface area contributed by atoms with Gasteiger partial charge in [-0.2, -0.15) is 11.8 Å². The van der Waals surface area contributed by atoms with E-state index < -0.39 is 0 Å². The van der Waals surface area contributed by atoms with Gasteiger partial charge >= 0.3 is 0 Å². The van der Waals surface area contributed by atoms with Gasteiger partial charge < -0.3 is 15.8 Å². The van der Waals surface area contributed by atoms with Crippen LogP contribution in [0.15, 0.2) is 5.16 Å². The molecular formula is C10H21N3OS. The van der Waals surface area contributed by atoms with Gasteiger partial charge in [-0.05, 0) is 38.6 Å². The third kappa shape index (κ3) is 4.75. The van der Waals surface area contributed by atoms with Gasteiger partial charge in [0.2, 0.25) is 0 Å². The standard InChI is InChI=1S/C10H21N3OS/c1-13(9-5-7-15-8-9)6-3-2-4-10(11)12-14/h9,14H,2-8H2,1H3,(H2,11,12). The van der Waals surface area contributed by atoms with Crippen LogP contribution >= 0.6 is 11.8 Å². The Kier molecular flexibility index (Phi) is 5.86. The molecule has 1 rings (SSSR count). The third-order valence-electron chi connectivity index (χ3n) is 2.85. The van der Waals surface area contributed by atoms with Crippen LogP contribution in [0.5, 0.6) is 0 Å². The Morgan fingerprint density at radius 3 is 3.00 bits per heavy atom. The lowest BCUT2D eigenvalue weighted by Gasteiger charge is -2.23. The van der Waals surface area contributed by atoms with Crippen molar-refractivity contribution in [2.75, 3.05) is 25.1 Å². The van der Waals surface area contributed by atoms with Gasteiger partial charge in [0, 0.05) is 18.2 Å². The lowest BCUT2D eigenvalue weighted by atomic mass is 10.2. The average Bonchev–Trinajstić information content (AvgIpc) is 2.77. The molecule has 0 aromatic rings. The number of hydrogen-bond donors (Lipinski definition) is 2. The first-order valence-corrected chi connectivity index (χ1v) is 6.64. The van der Waals surface area contributed by atoms with Crippen molar-refractivity contribution in [2.45, 2.75) is 31.7 Å². The Labute approximate surface area is 95.9 Å². The number of thioether (sulfide) groups is 1. The van der Waals surface area contributed by atoms with E-state index in [0.29, 0.717) is 12.3 Å². The fourth-order valence-electron chi connectivity index (χ4n) is 1.77. The van der Waals surface area contributed by atoms with Crippen LogP contribution in [0.25, 0.3) is 0 Å². The molecule has 15 heavy (non-hydrogen) atoms. The maximum Gasteiger partial charge on any atom is 0.139 e. The van der Waals surface area contributed by atoms with Crippen molar-refractivity contribution < 1.29 is 5.21 Å². The SMILES string of the molecule is CN(CCCC/C(N)=N/O)C1CCSC1. The first kappa shape index (κ1) is 12.6. The van der Waals surface area contributed by atoms with Crippen LogP contribution < -0.4 is 5.73 Å². The van der Waals surface area contributed by atoms with Crippen molar-refractivity contribution in [3.8, 4) is 0 Å². The molecule has 0 spiro atoms. The molecule has 1 atom stereocenters. The minimum atomic E-state index is 0.342. The van der Waals surface area contributed by atoms with E-state index in [1.807, 2.05) is 11.8 Å². The summed E-state index contributed by atoms with van der Waals surface area (Å²) < 4.78 is 0. The number of hydrogen-bond acceptors (Lipinski definition) is 4. The van der Waals surface area contributed by atoms with Crippen LogP contribution in [0.4, 0.5) is 0 Å². The van der Waals surface area contributed by atoms with Gasteiger partial charge in [-0.25, -0.2) is 0 Å². The Hall–Kier alpha value is -0.420. The molecular weight excluding hydrogens is 210 g/mol. The molecule has 4 nitrogen and oxygen atoms in total. The number of nitrogens with zero attached hydrogens (tertiary/aromatic N) is 2. The van der Waals surface area contributed by atoms with E-state index in [2.05, 4.69) is 17.1 Å². The summed E-state index contributed by atoms with van der Waals surface area (Å²) in [7, 11) is 2.19. The average molecular weight is 231 g/mol. The highest BCUT2D eigenvalue weighted by molar-refractivity contribution is 7.99. The summed E-state index contributed by atoms with van der Waals surface area (Å²) in [5.41, 5.74) is 5.40. The molecule has 0 amide bonds. The van der Waals surface area contributed by atoms with Crippen molar-refractivity contribution in [3.63, 3.8) is 0 Å². The predicted molar refractivity (Wildman–Crippen MR) is 65.6 cm³/mol. The summed E-state index contributed by atoms with van der Waals surface area (Å²) in [5, 5.41) is 11.3. The fourth-order valence-corrected chi connectivity index (χ4v) is 3.07. The maximum absolute atomic E-state index is 8.37. The minimum absolute atomic E-state index is 0.342. The molecule has 1 unspecified atom stereocenters. The number of rotatable bonds is 6. The molecule has 0 saturated carbocycles. The summed E-state index contributed by atoms with van der Waals surface area (Å²) in [6, 6.07) is 0.763. The number of oxime groups is 1. The highest BCUT2D eigenvalue weighted by atomic mass is 32.2. The summed E-state index contributed by atoms with van der Waals surface area (Å²) in [6.07, 6.45) is 4.14. The van der Waals surface area contributed by atoms with Crippen LogP contribution in [-0.2, 0) is 0 Å². The zero-order chi connectivity index (χ0) is 11.1. The van der Waals surface area contributed by atoms with Crippen molar-refractivity contribution in [3.05, 3.63) is 0 Å². The van der Waals surface area contributed by atoms with E-state index in [4.69, 9.17) is 10.9 Å². The lowest BCUT2D eigenvalue weighted by molar-refractivity contribution is 0.257. The molecule has 1 saturated heterocycles. The second-order valence-electron chi connectivity index (χ2n) is 4.05. The van der Waals surface area contributed by atoms with Crippen molar-refractivity contribution >= 4 is 17.6 Å². The van der Waals surface area contributed by atoms with E-state index in [1.54, 1.807) is 0 Å². The van der Waals surface area contributed by atoms with E-state index >= 15 is 0 Å². The van der Waals surface area contributed by atoms with Gasteiger partial charge in [0.15, 0.2) is 0 Å². The van der Waals surface area contributed by atoms with Crippen LogP contribution in [0.1, 0.15) is 25.7 Å². The lowest BCUT2D eigenvalue weighted by Crippen LogP contribution is -2.32. The highest BCUT2D eigenvalue weighted by Crippen LogP contribution is 2.21. The number of nitrogens with two attached hydrogens (primary N) is 1. The predicted octanol–water partition coefficient (Wildman–Crippen LogP) is 1.34. The molecule has 0 aromatic carbocycles. The van der Waals surface area contributed by atoms with E-state index in [1.165, 1.54) is 17.9 Å². The molecule has 0 aliphatic carbocycles. The van der Waals surface area contributed by atoms with Crippen molar-refractivity contribution in [2.24, 2.45) is 10.9 Å². The molecule has 0 radical (unpaired) electrons. The monoisotopic (exact) mass is 231 g/mol. The Bertz CT molecular complexity index is 205. The molecule has 0 aromatic heterocycles. The van der Waals surface area contributed by atoms with E-state index in [9.17, 15) is 0 Å². The Morgan fingerprint density at radius 1 is 1.60 bits per heavy atom. The zero-order valence-corrected chi connectivity index (χ0v) is 10.2. The van der Waals surface area contributed by atoms with Crippen LogP contribution in [-0.4, -0.2) is 47.1 Å². The minimum Gasteiger partial charge on any atom is -0.409 e. The molecule has 1 aliphatic heterocycles. The normalized spacial score (nSPS) is 22.5. The third-order valence-corrected chi connectivity index (χ3v) is 4.00. The molecule has 5 heteroatoms. The van der Waals surface area contributed by atoms with Crippen molar-refractivity contribution in [1.82, 2.24) is 4.90 Å². The zero-order valence-electron chi connectivity index (χ0n) is 9.35. The Morgan fingerprint density at radius 2 is 2.40 bits per heavy atom. The van der Waals surface area contributed by atoms with Gasteiger partial charge in [-0.15, -0.1) is 0 Å². The second kappa shape index (κ2) is 6.95. The van der Waals surface area contributed by atoms with Crippen LogP contribution in [0.3, 0.4) is 0 Å². The maximum atomic E-state index is 8.37. The van der Waals surface area contributed by atoms with E-state index in [0.717, 1.165) is 25.4 Å². The molecule has 3 N–H and O–H groups in total.